The maximum absolute atomic E-state index is 6.16. The lowest BCUT2D eigenvalue weighted by atomic mass is 9.92. The summed E-state index contributed by atoms with van der Waals surface area (Å²) in [6.45, 7) is 1.74. The molecule has 1 fully saturated rings. The van der Waals surface area contributed by atoms with Crippen LogP contribution in [0.25, 0.3) is 0 Å². The summed E-state index contributed by atoms with van der Waals surface area (Å²) in [5, 5.41) is 8.77. The Bertz CT molecular complexity index is 699. The molecule has 0 saturated carbocycles. The molecule has 2 atom stereocenters. The van der Waals surface area contributed by atoms with Crippen LogP contribution in [0.15, 0.2) is 42.5 Å². The molecule has 144 valence electrons. The zero-order chi connectivity index (χ0) is 16.9. The quantitative estimate of drug-likeness (QED) is 0.654. The zero-order valence-electron chi connectivity index (χ0n) is 14.5. The second-order valence-electron chi connectivity index (χ2n) is 6.07. The minimum atomic E-state index is 0. The maximum Gasteiger partial charge on any atom is 0.123 e. The van der Waals surface area contributed by atoms with Gasteiger partial charge in [-0.15, -0.1) is 24.8 Å². The third-order valence-electron chi connectivity index (χ3n) is 4.46. The van der Waals surface area contributed by atoms with Crippen LogP contribution in [0.2, 0.25) is 10.0 Å². The van der Waals surface area contributed by atoms with E-state index in [4.69, 9.17) is 27.9 Å². The molecule has 3 rings (SSSR count). The average Bonchev–Trinajstić information content (AvgIpc) is 2.60. The van der Waals surface area contributed by atoms with Crippen LogP contribution in [0, 0.1) is 0 Å². The van der Waals surface area contributed by atoms with E-state index in [0.717, 1.165) is 40.7 Å². The van der Waals surface area contributed by atoms with Gasteiger partial charge in [0.25, 0.3) is 0 Å². The normalized spacial score (nSPS) is 19.2. The molecule has 0 aliphatic carbocycles. The molecule has 3 nitrogen and oxygen atoms in total. The number of piperidine rings is 1. The third-order valence-corrected chi connectivity index (χ3v) is 4.93. The number of hydrogen-bond donors (Lipinski definition) is 2. The average molecular weight is 438 g/mol. The molecular formula is C19H24Cl4N2O. The van der Waals surface area contributed by atoms with Crippen molar-refractivity contribution in [2.45, 2.75) is 31.5 Å². The molecule has 2 aromatic rings. The molecular weight excluding hydrogens is 414 g/mol. The molecule has 0 spiro atoms. The van der Waals surface area contributed by atoms with E-state index in [1.54, 1.807) is 7.11 Å². The molecule has 1 saturated heterocycles. The minimum absolute atomic E-state index is 0. The first-order valence-electron chi connectivity index (χ1n) is 8.22. The van der Waals surface area contributed by atoms with E-state index in [-0.39, 0.29) is 30.9 Å². The maximum atomic E-state index is 6.16. The molecule has 2 N–H and O–H groups in total. The zero-order valence-corrected chi connectivity index (χ0v) is 17.7. The molecule has 7 heteroatoms. The van der Waals surface area contributed by atoms with Crippen molar-refractivity contribution in [3.8, 4) is 5.75 Å². The Morgan fingerprint density at radius 3 is 2.62 bits per heavy atom. The lowest BCUT2D eigenvalue weighted by Crippen LogP contribution is -2.45. The van der Waals surface area contributed by atoms with Gasteiger partial charge < -0.3 is 15.4 Å². The summed E-state index contributed by atoms with van der Waals surface area (Å²) < 4.78 is 5.44. The van der Waals surface area contributed by atoms with E-state index in [9.17, 15) is 0 Å². The molecule has 0 amide bonds. The second-order valence-corrected chi connectivity index (χ2v) is 6.95. The van der Waals surface area contributed by atoms with E-state index in [2.05, 4.69) is 16.7 Å². The van der Waals surface area contributed by atoms with Gasteiger partial charge in [-0.2, -0.15) is 0 Å². The fraction of sp³-hybridized carbons (Fsp3) is 0.368. The molecule has 1 aliphatic heterocycles. The molecule has 0 bridgehead atoms. The fourth-order valence-electron chi connectivity index (χ4n) is 3.28. The summed E-state index contributed by atoms with van der Waals surface area (Å²) in [6, 6.07) is 14.4. The lowest BCUT2D eigenvalue weighted by Gasteiger charge is -2.34. The number of benzene rings is 2. The number of methoxy groups -OCH3 is 1. The monoisotopic (exact) mass is 436 g/mol. The van der Waals surface area contributed by atoms with Gasteiger partial charge in [-0.3, -0.25) is 0 Å². The number of hydrogen-bond acceptors (Lipinski definition) is 3. The van der Waals surface area contributed by atoms with Crippen molar-refractivity contribution in [1.82, 2.24) is 10.6 Å². The second kappa shape index (κ2) is 11.2. The van der Waals surface area contributed by atoms with Crippen LogP contribution in [-0.2, 0) is 6.54 Å². The Balaban J connectivity index is 0.00000169. The highest BCUT2D eigenvalue weighted by atomic mass is 35.5. The van der Waals surface area contributed by atoms with Gasteiger partial charge in [-0.1, -0.05) is 35.3 Å². The van der Waals surface area contributed by atoms with E-state index in [0.29, 0.717) is 12.6 Å². The molecule has 1 heterocycles. The van der Waals surface area contributed by atoms with E-state index in [1.807, 2.05) is 36.4 Å². The molecule has 26 heavy (non-hydrogen) atoms. The first-order valence-corrected chi connectivity index (χ1v) is 8.97. The van der Waals surface area contributed by atoms with Crippen LogP contribution in [0.4, 0.5) is 0 Å². The van der Waals surface area contributed by atoms with Gasteiger partial charge in [0.15, 0.2) is 0 Å². The van der Waals surface area contributed by atoms with Crippen LogP contribution < -0.4 is 15.4 Å². The van der Waals surface area contributed by atoms with Crippen molar-refractivity contribution in [1.29, 1.82) is 0 Å². The van der Waals surface area contributed by atoms with Crippen molar-refractivity contribution >= 4 is 48.0 Å². The van der Waals surface area contributed by atoms with Gasteiger partial charge in [0.2, 0.25) is 0 Å². The highest BCUT2D eigenvalue weighted by Crippen LogP contribution is 2.27. The molecule has 0 aromatic heterocycles. The first kappa shape index (κ1) is 23.4. The predicted molar refractivity (Wildman–Crippen MR) is 115 cm³/mol. The van der Waals surface area contributed by atoms with Gasteiger partial charge >= 0.3 is 0 Å². The summed E-state index contributed by atoms with van der Waals surface area (Å²) in [6.07, 6.45) is 2.27. The largest absolute Gasteiger partial charge is 0.496 e. The number of halogens is 4. The van der Waals surface area contributed by atoms with Crippen molar-refractivity contribution in [2.75, 3.05) is 13.7 Å². The van der Waals surface area contributed by atoms with Crippen LogP contribution >= 0.6 is 48.0 Å². The van der Waals surface area contributed by atoms with Gasteiger partial charge in [0.05, 0.1) is 7.11 Å². The van der Waals surface area contributed by atoms with Crippen molar-refractivity contribution < 1.29 is 4.74 Å². The van der Waals surface area contributed by atoms with Crippen LogP contribution in [0.1, 0.15) is 30.0 Å². The summed E-state index contributed by atoms with van der Waals surface area (Å²) >= 11 is 12.3. The standard InChI is InChI=1S/C19H22Cl2N2O.2ClH/c1-24-18-8-7-16(21)11-14(18)12-23-17-6-3-9-22-19(17)13-4-2-5-15(20)10-13;;/h2,4-5,7-8,10-11,17,19,22-23H,3,6,9,12H2,1H3;2*1H. The Kier molecular flexibility index (Phi) is 10.1. The Hall–Kier alpha value is -0.680. The molecule has 2 unspecified atom stereocenters. The highest BCUT2D eigenvalue weighted by molar-refractivity contribution is 6.30. The minimum Gasteiger partial charge on any atom is -0.496 e. The van der Waals surface area contributed by atoms with E-state index < -0.39 is 0 Å². The predicted octanol–water partition coefficient (Wildman–Crippen LogP) is 5.43. The fourth-order valence-corrected chi connectivity index (χ4v) is 3.68. The lowest BCUT2D eigenvalue weighted by molar-refractivity contribution is 0.303. The van der Waals surface area contributed by atoms with Gasteiger partial charge in [-0.05, 0) is 55.3 Å². The Labute approximate surface area is 177 Å². The Morgan fingerprint density at radius 1 is 1.12 bits per heavy atom. The summed E-state index contributed by atoms with van der Waals surface area (Å²) in [5.41, 5.74) is 2.29. The topological polar surface area (TPSA) is 33.3 Å². The van der Waals surface area contributed by atoms with Crippen LogP contribution in [0.3, 0.4) is 0 Å². The number of rotatable bonds is 5. The van der Waals surface area contributed by atoms with Gasteiger partial charge in [0.1, 0.15) is 5.75 Å². The van der Waals surface area contributed by atoms with E-state index in [1.165, 1.54) is 5.56 Å². The van der Waals surface area contributed by atoms with Crippen molar-refractivity contribution in [3.63, 3.8) is 0 Å². The number of nitrogens with one attached hydrogen (secondary N) is 2. The van der Waals surface area contributed by atoms with Gasteiger partial charge in [-0.25, -0.2) is 0 Å². The highest BCUT2D eigenvalue weighted by Gasteiger charge is 2.26. The SMILES string of the molecule is COc1ccc(Cl)cc1CNC1CCCNC1c1cccc(Cl)c1.Cl.Cl. The molecule has 0 radical (unpaired) electrons. The van der Waals surface area contributed by atoms with E-state index >= 15 is 0 Å². The van der Waals surface area contributed by atoms with Crippen LogP contribution in [-0.4, -0.2) is 19.7 Å². The third kappa shape index (κ3) is 5.91. The molecule has 2 aromatic carbocycles. The van der Waals surface area contributed by atoms with Crippen LogP contribution in [0.5, 0.6) is 5.75 Å². The number of ether oxygens (including phenoxy) is 1. The van der Waals surface area contributed by atoms with Crippen molar-refractivity contribution in [2.24, 2.45) is 0 Å². The van der Waals surface area contributed by atoms with Gasteiger partial charge in [0, 0.05) is 34.2 Å². The Morgan fingerprint density at radius 2 is 1.88 bits per heavy atom. The summed E-state index contributed by atoms with van der Waals surface area (Å²) in [5.74, 6) is 0.856. The summed E-state index contributed by atoms with van der Waals surface area (Å²) in [7, 11) is 1.68. The molecule has 1 aliphatic rings. The summed E-state index contributed by atoms with van der Waals surface area (Å²) in [4.78, 5) is 0. The first-order chi connectivity index (χ1) is 11.7. The smallest absolute Gasteiger partial charge is 0.123 e. The van der Waals surface area contributed by atoms with Crippen molar-refractivity contribution in [3.05, 3.63) is 63.6 Å².